The lowest BCUT2D eigenvalue weighted by molar-refractivity contribution is -0.144. The van der Waals surface area contributed by atoms with E-state index in [0.29, 0.717) is 18.5 Å². The Hall–Kier alpha value is -1.95. The van der Waals surface area contributed by atoms with Gasteiger partial charge < -0.3 is 9.67 Å². The van der Waals surface area contributed by atoms with Crippen LogP contribution in [0.1, 0.15) is 32.0 Å². The molecule has 5 nitrogen and oxygen atoms in total. The van der Waals surface area contributed by atoms with Crippen LogP contribution in [-0.2, 0) is 17.9 Å². The topological polar surface area (TPSA) is 58.4 Å². The lowest BCUT2D eigenvalue weighted by Crippen LogP contribution is -2.44. The summed E-state index contributed by atoms with van der Waals surface area (Å²) in [5, 5.41) is 9.37. The molecule has 1 N–H and O–H groups in total. The molecule has 22 heavy (non-hydrogen) atoms. The molecule has 6 heteroatoms. The molecular formula is C16H20FN3O2. The molecule has 1 aromatic heterocycles. The highest BCUT2D eigenvalue weighted by Gasteiger charge is 2.29. The number of aryl methyl sites for hydroxylation is 1. The Labute approximate surface area is 128 Å². The summed E-state index contributed by atoms with van der Waals surface area (Å²) in [5.41, 5.74) is 1.52. The van der Waals surface area contributed by atoms with E-state index in [2.05, 4.69) is 4.98 Å². The van der Waals surface area contributed by atoms with Crippen LogP contribution in [0.5, 0.6) is 0 Å². The Balaban J connectivity index is 1.93. The van der Waals surface area contributed by atoms with E-state index in [1.807, 2.05) is 16.4 Å². The third-order valence-corrected chi connectivity index (χ3v) is 4.35. The maximum Gasteiger partial charge on any atom is 0.320 e. The van der Waals surface area contributed by atoms with Gasteiger partial charge in [-0.25, -0.2) is 9.37 Å². The first-order chi connectivity index (χ1) is 10.6. The summed E-state index contributed by atoms with van der Waals surface area (Å²) in [6.45, 7) is 3.99. The highest BCUT2D eigenvalue weighted by atomic mass is 19.1. The van der Waals surface area contributed by atoms with Crippen LogP contribution in [0, 0.1) is 5.82 Å². The standard InChI is InChI=1S/C16H20FN3O2/c1-2-20-13-7-6-11(17)9-12(13)18-15(20)10-19-8-4-3-5-14(19)16(21)22/h6-7,9,14H,2-5,8,10H2,1H3,(H,21,22). The molecule has 1 saturated heterocycles. The van der Waals surface area contributed by atoms with Crippen LogP contribution in [0.25, 0.3) is 11.0 Å². The fraction of sp³-hybridized carbons (Fsp3) is 0.500. The molecule has 118 valence electrons. The summed E-state index contributed by atoms with van der Waals surface area (Å²) in [7, 11) is 0. The molecule has 1 aliphatic rings. The Morgan fingerprint density at radius 2 is 2.27 bits per heavy atom. The third kappa shape index (κ3) is 2.70. The van der Waals surface area contributed by atoms with Crippen LogP contribution in [0.4, 0.5) is 4.39 Å². The molecule has 1 aliphatic heterocycles. The number of carboxylic acids is 1. The van der Waals surface area contributed by atoms with Crippen molar-refractivity contribution in [1.29, 1.82) is 0 Å². The maximum absolute atomic E-state index is 13.4. The van der Waals surface area contributed by atoms with Gasteiger partial charge in [0.1, 0.15) is 17.7 Å². The van der Waals surface area contributed by atoms with Gasteiger partial charge in [-0.1, -0.05) is 6.42 Å². The quantitative estimate of drug-likeness (QED) is 0.943. The summed E-state index contributed by atoms with van der Waals surface area (Å²) < 4.78 is 15.4. The molecule has 2 aromatic rings. The Morgan fingerprint density at radius 1 is 1.45 bits per heavy atom. The van der Waals surface area contributed by atoms with E-state index in [-0.39, 0.29) is 5.82 Å². The summed E-state index contributed by atoms with van der Waals surface area (Å²) in [5.74, 6) is -0.276. The van der Waals surface area contributed by atoms with Gasteiger partial charge in [0.25, 0.3) is 0 Å². The van der Waals surface area contributed by atoms with Crippen LogP contribution in [0.15, 0.2) is 18.2 Å². The second kappa shape index (κ2) is 6.04. The largest absolute Gasteiger partial charge is 0.480 e. The fourth-order valence-corrected chi connectivity index (χ4v) is 3.27. The van der Waals surface area contributed by atoms with Crippen molar-refractivity contribution in [1.82, 2.24) is 14.5 Å². The SMILES string of the molecule is CCn1c(CN2CCCCC2C(=O)O)nc2cc(F)ccc21. The van der Waals surface area contributed by atoms with Gasteiger partial charge in [-0.15, -0.1) is 0 Å². The van der Waals surface area contributed by atoms with Gasteiger partial charge in [-0.05, 0) is 38.4 Å². The number of hydrogen-bond acceptors (Lipinski definition) is 3. The predicted molar refractivity (Wildman–Crippen MR) is 81.0 cm³/mol. The van der Waals surface area contributed by atoms with Gasteiger partial charge in [0, 0.05) is 12.6 Å². The minimum absolute atomic E-state index is 0.304. The fourth-order valence-electron chi connectivity index (χ4n) is 3.27. The van der Waals surface area contributed by atoms with Gasteiger partial charge in [-0.2, -0.15) is 0 Å². The van der Waals surface area contributed by atoms with Crippen LogP contribution < -0.4 is 0 Å². The summed E-state index contributed by atoms with van der Waals surface area (Å²) in [6, 6.07) is 4.14. The molecule has 1 unspecified atom stereocenters. The highest BCUT2D eigenvalue weighted by molar-refractivity contribution is 5.76. The van der Waals surface area contributed by atoms with E-state index in [1.165, 1.54) is 12.1 Å². The van der Waals surface area contributed by atoms with E-state index in [4.69, 9.17) is 0 Å². The summed E-state index contributed by atoms with van der Waals surface area (Å²) in [6.07, 6.45) is 2.63. The van der Waals surface area contributed by atoms with Crippen molar-refractivity contribution >= 4 is 17.0 Å². The number of rotatable bonds is 4. The minimum atomic E-state index is -0.773. The number of likely N-dealkylation sites (tertiary alicyclic amines) is 1. The number of aromatic nitrogens is 2. The number of nitrogens with zero attached hydrogens (tertiary/aromatic N) is 3. The lowest BCUT2D eigenvalue weighted by atomic mass is 10.0. The van der Waals surface area contributed by atoms with Crippen molar-refractivity contribution in [2.24, 2.45) is 0 Å². The lowest BCUT2D eigenvalue weighted by Gasteiger charge is -2.32. The summed E-state index contributed by atoms with van der Waals surface area (Å²) in [4.78, 5) is 17.9. The number of fused-ring (bicyclic) bond motifs is 1. The number of aliphatic carboxylic acids is 1. The average molecular weight is 305 g/mol. The van der Waals surface area contributed by atoms with Crippen molar-refractivity contribution in [3.05, 3.63) is 29.8 Å². The predicted octanol–water partition coefficient (Wildman–Crippen LogP) is 2.63. The molecule has 1 fully saturated rings. The Bertz CT molecular complexity index is 698. The van der Waals surface area contributed by atoms with Crippen molar-refractivity contribution in [3.63, 3.8) is 0 Å². The molecule has 0 saturated carbocycles. The van der Waals surface area contributed by atoms with Crippen molar-refractivity contribution in [2.45, 2.75) is 45.3 Å². The third-order valence-electron chi connectivity index (χ3n) is 4.35. The average Bonchev–Trinajstić information content (AvgIpc) is 2.83. The van der Waals surface area contributed by atoms with Crippen molar-refractivity contribution in [3.8, 4) is 0 Å². The molecule has 0 amide bonds. The molecular weight excluding hydrogens is 285 g/mol. The first-order valence-corrected chi connectivity index (χ1v) is 7.71. The van der Waals surface area contributed by atoms with Crippen molar-refractivity contribution < 1.29 is 14.3 Å². The molecule has 0 aliphatic carbocycles. The van der Waals surface area contributed by atoms with Crippen LogP contribution >= 0.6 is 0 Å². The first-order valence-electron chi connectivity index (χ1n) is 7.71. The molecule has 0 radical (unpaired) electrons. The zero-order valence-electron chi connectivity index (χ0n) is 12.6. The number of carboxylic acid groups (broad SMARTS) is 1. The van der Waals surface area contributed by atoms with E-state index in [0.717, 1.165) is 37.3 Å². The molecule has 3 rings (SSSR count). The highest BCUT2D eigenvalue weighted by Crippen LogP contribution is 2.23. The van der Waals surface area contributed by atoms with Gasteiger partial charge in [0.15, 0.2) is 0 Å². The van der Waals surface area contributed by atoms with E-state index in [1.54, 1.807) is 6.07 Å². The Morgan fingerprint density at radius 3 is 3.00 bits per heavy atom. The summed E-state index contributed by atoms with van der Waals surface area (Å²) >= 11 is 0. The normalized spacial score (nSPS) is 19.6. The monoisotopic (exact) mass is 305 g/mol. The first kappa shape index (κ1) is 15.0. The van der Waals surface area contributed by atoms with E-state index >= 15 is 0 Å². The number of piperidine rings is 1. The van der Waals surface area contributed by atoms with Gasteiger partial charge in [0.05, 0.1) is 17.6 Å². The number of hydrogen-bond donors (Lipinski definition) is 1. The zero-order valence-corrected chi connectivity index (χ0v) is 12.6. The minimum Gasteiger partial charge on any atom is -0.480 e. The van der Waals surface area contributed by atoms with Crippen LogP contribution in [0.2, 0.25) is 0 Å². The number of benzene rings is 1. The number of carbonyl (C=O) groups is 1. The zero-order chi connectivity index (χ0) is 15.7. The van der Waals surface area contributed by atoms with Gasteiger partial charge in [-0.3, -0.25) is 9.69 Å². The second-order valence-electron chi connectivity index (χ2n) is 5.73. The maximum atomic E-state index is 13.4. The number of halogens is 1. The molecule has 2 heterocycles. The number of imidazole rings is 1. The molecule has 0 bridgehead atoms. The molecule has 1 aromatic carbocycles. The molecule has 0 spiro atoms. The smallest absolute Gasteiger partial charge is 0.320 e. The van der Waals surface area contributed by atoms with Gasteiger partial charge >= 0.3 is 5.97 Å². The van der Waals surface area contributed by atoms with E-state index in [9.17, 15) is 14.3 Å². The van der Waals surface area contributed by atoms with Crippen molar-refractivity contribution in [2.75, 3.05) is 6.54 Å². The molecule has 1 atom stereocenters. The van der Waals surface area contributed by atoms with E-state index < -0.39 is 12.0 Å². The van der Waals surface area contributed by atoms with Crippen LogP contribution in [-0.4, -0.2) is 38.1 Å². The van der Waals surface area contributed by atoms with Gasteiger partial charge in [0.2, 0.25) is 0 Å². The second-order valence-corrected chi connectivity index (χ2v) is 5.73. The Kier molecular flexibility index (Phi) is 4.11. The van der Waals surface area contributed by atoms with Crippen LogP contribution in [0.3, 0.4) is 0 Å².